The number of aliphatic hydroxyl groups is 2. The van der Waals surface area contributed by atoms with Crippen molar-refractivity contribution in [2.75, 3.05) is 18.4 Å². The van der Waals surface area contributed by atoms with E-state index in [-0.39, 0.29) is 40.6 Å². The molecule has 0 amide bonds. The number of hydrogen-bond donors (Lipinski definition) is 4. The Morgan fingerprint density at radius 2 is 2.03 bits per heavy atom. The predicted molar refractivity (Wildman–Crippen MR) is 111 cm³/mol. The van der Waals surface area contributed by atoms with Crippen LogP contribution in [-0.2, 0) is 0 Å². The van der Waals surface area contributed by atoms with Crippen molar-refractivity contribution in [3.8, 4) is 17.1 Å². The average Bonchev–Trinajstić information content (AvgIpc) is 3.50. The molecule has 5 rings (SSSR count). The lowest BCUT2D eigenvalue weighted by Crippen LogP contribution is -2.38. The van der Waals surface area contributed by atoms with E-state index in [9.17, 15) is 19.0 Å². The van der Waals surface area contributed by atoms with Crippen molar-refractivity contribution in [1.82, 2.24) is 24.9 Å². The number of halogens is 2. The summed E-state index contributed by atoms with van der Waals surface area (Å²) in [5.74, 6) is -4.44. The fraction of sp³-hybridized carbons (Fsp3) is 0.450. The molecule has 32 heavy (non-hydrogen) atoms. The number of pyridine rings is 1. The van der Waals surface area contributed by atoms with Gasteiger partial charge in [-0.3, -0.25) is 0 Å². The molecule has 166 valence electrons. The van der Waals surface area contributed by atoms with E-state index < -0.39 is 17.5 Å². The van der Waals surface area contributed by atoms with Crippen molar-refractivity contribution >= 4 is 19.3 Å². The number of aromatic nitrogens is 4. The number of ether oxygens (including phenoxy) is 1. The number of nitrogens with one attached hydrogen (secondary N) is 2. The Bertz CT molecular complexity index is 1160. The summed E-state index contributed by atoms with van der Waals surface area (Å²) in [4.78, 5) is 8.41. The Hall–Kier alpha value is -2.83. The van der Waals surface area contributed by atoms with Crippen LogP contribution < -0.4 is 15.4 Å². The third-order valence-electron chi connectivity index (χ3n) is 5.52. The minimum absolute atomic E-state index is 0.0148. The number of fused-ring (bicyclic) bond motifs is 1. The van der Waals surface area contributed by atoms with E-state index in [0.29, 0.717) is 12.2 Å². The maximum atomic E-state index is 14.8. The molecule has 2 fully saturated rings. The Kier molecular flexibility index (Phi) is 5.22. The highest BCUT2D eigenvalue weighted by molar-refractivity contribution is 6.12. The Morgan fingerprint density at radius 3 is 2.72 bits per heavy atom. The van der Waals surface area contributed by atoms with Gasteiger partial charge in [-0.1, -0.05) is 0 Å². The molecule has 4 N–H and O–H groups in total. The summed E-state index contributed by atoms with van der Waals surface area (Å²) in [5.41, 5.74) is 0.803. The first-order chi connectivity index (χ1) is 15.3. The molecule has 3 aromatic rings. The molecule has 1 saturated carbocycles. The van der Waals surface area contributed by atoms with Crippen molar-refractivity contribution < 1.29 is 23.7 Å². The smallest absolute Gasteiger partial charge is 0.259 e. The molecule has 0 aromatic carbocycles. The first kappa shape index (κ1) is 21.0. The highest BCUT2D eigenvalue weighted by Crippen LogP contribution is 2.44. The van der Waals surface area contributed by atoms with Crippen LogP contribution in [0.3, 0.4) is 0 Å². The normalized spacial score (nSPS) is 19.3. The molecule has 1 unspecified atom stereocenters. The molecule has 3 aromatic heterocycles. The number of nitrogens with zero attached hydrogens (tertiary/aromatic N) is 4. The van der Waals surface area contributed by atoms with Crippen molar-refractivity contribution in [1.29, 1.82) is 0 Å². The Labute approximate surface area is 183 Å². The molecule has 2 radical (unpaired) electrons. The summed E-state index contributed by atoms with van der Waals surface area (Å²) in [6.45, 7) is 1.57. The van der Waals surface area contributed by atoms with Crippen molar-refractivity contribution in [3.05, 3.63) is 35.7 Å². The summed E-state index contributed by atoms with van der Waals surface area (Å²) < 4.78 is 35.6. The zero-order valence-corrected chi connectivity index (χ0v) is 17.1. The summed E-state index contributed by atoms with van der Waals surface area (Å²) >= 11 is 0. The highest BCUT2D eigenvalue weighted by atomic mass is 19.1. The molecule has 1 saturated heterocycles. The van der Waals surface area contributed by atoms with Crippen LogP contribution in [0.1, 0.15) is 37.3 Å². The SMILES string of the molecule is [B]C(O)(O)Oc1cc2ncc(-c3nc(NC4CCCNC4)c(F)cc3F)n2nc1C1CC1. The third-order valence-corrected chi connectivity index (χ3v) is 5.52. The predicted octanol–water partition coefficient (Wildman–Crippen LogP) is 1.25. The molecule has 1 aliphatic carbocycles. The third kappa shape index (κ3) is 4.25. The van der Waals surface area contributed by atoms with Crippen LogP contribution in [0, 0.1) is 11.6 Å². The van der Waals surface area contributed by atoms with Gasteiger partial charge in [0.15, 0.2) is 28.8 Å². The molecule has 12 heteroatoms. The van der Waals surface area contributed by atoms with Crippen LogP contribution in [0.25, 0.3) is 17.0 Å². The first-order valence-electron chi connectivity index (χ1n) is 10.4. The first-order valence-corrected chi connectivity index (χ1v) is 10.4. The standard InChI is InChI=1S/C20H21BF2N6O3/c21-20(30,31)32-15-7-16-25-9-14(29(16)28-17(15)10-3-4-10)18-12(22)6-13(23)19(27-18)26-11-2-1-5-24-8-11/h6-7,9-11,24,30-31H,1-5,8H2,(H,26,27). The minimum atomic E-state index is -2.88. The highest BCUT2D eigenvalue weighted by Gasteiger charge is 2.32. The number of rotatable bonds is 6. The van der Waals surface area contributed by atoms with Gasteiger partial charge in [0.05, 0.1) is 6.20 Å². The number of hydrogen-bond acceptors (Lipinski definition) is 8. The summed E-state index contributed by atoms with van der Waals surface area (Å²) in [6.07, 6.45) is 4.83. The largest absolute Gasteiger partial charge is 0.447 e. The van der Waals surface area contributed by atoms with Gasteiger partial charge in [0.1, 0.15) is 17.1 Å². The molecule has 2 aliphatic rings. The Balaban J connectivity index is 1.55. The second kappa shape index (κ2) is 7.94. The van der Waals surface area contributed by atoms with Gasteiger partial charge in [0, 0.05) is 30.6 Å². The monoisotopic (exact) mass is 442 g/mol. The van der Waals surface area contributed by atoms with Crippen molar-refractivity contribution in [2.24, 2.45) is 0 Å². The minimum Gasteiger partial charge on any atom is -0.447 e. The lowest BCUT2D eigenvalue weighted by molar-refractivity contribution is -0.224. The number of piperidine rings is 1. The average molecular weight is 442 g/mol. The second-order valence-electron chi connectivity index (χ2n) is 8.18. The van der Waals surface area contributed by atoms with E-state index >= 15 is 0 Å². The zero-order valence-electron chi connectivity index (χ0n) is 17.1. The molecule has 1 aliphatic heterocycles. The second-order valence-corrected chi connectivity index (χ2v) is 8.18. The molecule has 1 atom stereocenters. The summed E-state index contributed by atoms with van der Waals surface area (Å²) in [7, 11) is 5.15. The van der Waals surface area contributed by atoms with Gasteiger partial charge in [-0.25, -0.2) is 23.3 Å². The van der Waals surface area contributed by atoms with Gasteiger partial charge in [-0.15, -0.1) is 0 Å². The molecule has 0 spiro atoms. The molecular weight excluding hydrogens is 421 g/mol. The van der Waals surface area contributed by atoms with E-state index in [2.05, 4.69) is 25.7 Å². The zero-order chi connectivity index (χ0) is 22.5. The summed E-state index contributed by atoms with van der Waals surface area (Å²) in [5, 5.41) is 29.6. The maximum Gasteiger partial charge on any atom is 0.259 e. The van der Waals surface area contributed by atoms with Crippen LogP contribution in [0.4, 0.5) is 14.6 Å². The van der Waals surface area contributed by atoms with Crippen LogP contribution in [-0.4, -0.2) is 62.6 Å². The van der Waals surface area contributed by atoms with Gasteiger partial charge in [-0.05, 0) is 32.2 Å². The van der Waals surface area contributed by atoms with Crippen molar-refractivity contribution in [3.63, 3.8) is 0 Å². The van der Waals surface area contributed by atoms with Gasteiger partial charge < -0.3 is 25.6 Å². The van der Waals surface area contributed by atoms with Gasteiger partial charge in [0.2, 0.25) is 7.85 Å². The Morgan fingerprint density at radius 1 is 1.22 bits per heavy atom. The number of anilines is 1. The topological polar surface area (TPSA) is 117 Å². The van der Waals surface area contributed by atoms with Gasteiger partial charge in [0.25, 0.3) is 5.87 Å². The van der Waals surface area contributed by atoms with Crippen LogP contribution in [0.15, 0.2) is 18.3 Å². The number of imidazole rings is 1. The molecule has 0 bridgehead atoms. The fourth-order valence-corrected chi connectivity index (χ4v) is 3.87. The van der Waals surface area contributed by atoms with E-state index in [4.69, 9.17) is 12.6 Å². The van der Waals surface area contributed by atoms with E-state index in [1.165, 1.54) is 16.8 Å². The molecular formula is C20H21BF2N6O3. The van der Waals surface area contributed by atoms with E-state index in [0.717, 1.165) is 38.3 Å². The molecule has 4 heterocycles. The van der Waals surface area contributed by atoms with E-state index in [1.807, 2.05) is 0 Å². The van der Waals surface area contributed by atoms with Crippen LogP contribution in [0.2, 0.25) is 0 Å². The lowest BCUT2D eigenvalue weighted by atomic mass is 10.1. The van der Waals surface area contributed by atoms with Crippen LogP contribution in [0.5, 0.6) is 5.75 Å². The quantitative estimate of drug-likeness (QED) is 0.333. The van der Waals surface area contributed by atoms with Crippen molar-refractivity contribution in [2.45, 2.75) is 43.5 Å². The maximum absolute atomic E-state index is 14.8. The van der Waals surface area contributed by atoms with Gasteiger partial charge in [-0.2, -0.15) is 5.10 Å². The summed E-state index contributed by atoms with van der Waals surface area (Å²) in [6, 6.07) is 2.21. The van der Waals surface area contributed by atoms with E-state index in [1.54, 1.807) is 0 Å². The lowest BCUT2D eigenvalue weighted by Gasteiger charge is -2.24. The van der Waals surface area contributed by atoms with Crippen LogP contribution >= 0.6 is 0 Å². The fourth-order valence-electron chi connectivity index (χ4n) is 3.87. The van der Waals surface area contributed by atoms with Gasteiger partial charge >= 0.3 is 0 Å². The molecule has 9 nitrogen and oxygen atoms in total.